The highest BCUT2D eigenvalue weighted by Crippen LogP contribution is 2.39. The quantitative estimate of drug-likeness (QED) is 0.806. The van der Waals surface area contributed by atoms with Crippen molar-refractivity contribution in [2.24, 2.45) is 0 Å². The predicted octanol–water partition coefficient (Wildman–Crippen LogP) is 4.02. The smallest absolute Gasteiger partial charge is 0.172 e. The summed E-state index contributed by atoms with van der Waals surface area (Å²) in [6.45, 7) is 0. The van der Waals surface area contributed by atoms with Crippen LogP contribution in [0.4, 0.5) is 0 Å². The van der Waals surface area contributed by atoms with Crippen molar-refractivity contribution in [1.82, 2.24) is 9.97 Å². The van der Waals surface area contributed by atoms with E-state index in [0.717, 1.165) is 28.3 Å². The average molecular weight is 374 g/mol. The summed E-state index contributed by atoms with van der Waals surface area (Å²) in [5.74, 6) is 2.66. The van der Waals surface area contributed by atoms with Gasteiger partial charge >= 0.3 is 0 Å². The van der Waals surface area contributed by atoms with Crippen molar-refractivity contribution in [3.63, 3.8) is 0 Å². The first-order valence-corrected chi connectivity index (χ1v) is 8.12. The van der Waals surface area contributed by atoms with Crippen LogP contribution in [0.1, 0.15) is 11.3 Å². The third-order valence-electron chi connectivity index (χ3n) is 3.03. The Morgan fingerprint density at radius 3 is 2.90 bits per heavy atom. The van der Waals surface area contributed by atoms with E-state index in [0.29, 0.717) is 21.2 Å². The largest absolute Gasteiger partial charge is 0.503 e. The monoisotopic (exact) mass is 372 g/mol. The van der Waals surface area contributed by atoms with Crippen LogP contribution in [0.5, 0.6) is 11.5 Å². The second kappa shape index (κ2) is 5.42. The Morgan fingerprint density at radius 1 is 1.35 bits per heavy atom. The minimum absolute atomic E-state index is 0.0547. The summed E-state index contributed by atoms with van der Waals surface area (Å²) in [7, 11) is 1.50. The van der Waals surface area contributed by atoms with Crippen molar-refractivity contribution < 1.29 is 9.84 Å². The molecule has 0 saturated heterocycles. The zero-order chi connectivity index (χ0) is 14.3. The molecule has 20 heavy (non-hydrogen) atoms. The van der Waals surface area contributed by atoms with E-state index in [-0.39, 0.29) is 5.75 Å². The number of phenols is 1. The lowest BCUT2D eigenvalue weighted by Gasteiger charge is -2.09. The number of aromatic nitrogens is 2. The summed E-state index contributed by atoms with van der Waals surface area (Å²) < 4.78 is 5.67. The van der Waals surface area contributed by atoms with Crippen LogP contribution in [-0.4, -0.2) is 22.2 Å². The van der Waals surface area contributed by atoms with E-state index < -0.39 is 0 Å². The molecule has 0 atom stereocenters. The molecule has 4 nitrogen and oxygen atoms in total. The van der Waals surface area contributed by atoms with E-state index >= 15 is 0 Å². The van der Waals surface area contributed by atoms with Crippen LogP contribution in [-0.2, 0) is 11.5 Å². The molecule has 1 aromatic carbocycles. The Labute approximate surface area is 133 Å². The number of ether oxygens (including phenoxy) is 1. The van der Waals surface area contributed by atoms with Gasteiger partial charge in [-0.3, -0.25) is 0 Å². The van der Waals surface area contributed by atoms with Gasteiger partial charge in [-0.05, 0) is 28.1 Å². The molecule has 0 fully saturated rings. The van der Waals surface area contributed by atoms with E-state index in [1.165, 1.54) is 7.11 Å². The van der Waals surface area contributed by atoms with Gasteiger partial charge in [-0.2, -0.15) is 11.8 Å². The van der Waals surface area contributed by atoms with E-state index in [1.807, 2.05) is 0 Å². The number of phenolic OH excluding ortho intramolecular Hbond substituents is 1. The van der Waals surface area contributed by atoms with Gasteiger partial charge in [0.05, 0.1) is 17.3 Å². The number of benzene rings is 1. The summed E-state index contributed by atoms with van der Waals surface area (Å²) in [5.41, 5.74) is 2.74. The van der Waals surface area contributed by atoms with Crippen molar-refractivity contribution >= 4 is 39.3 Å². The van der Waals surface area contributed by atoms with Crippen LogP contribution < -0.4 is 4.74 Å². The molecule has 1 aliphatic rings. The molecule has 0 spiro atoms. The fourth-order valence-electron chi connectivity index (χ4n) is 2.00. The van der Waals surface area contributed by atoms with E-state index in [9.17, 15) is 5.11 Å². The van der Waals surface area contributed by atoms with Gasteiger partial charge in [0.25, 0.3) is 0 Å². The van der Waals surface area contributed by atoms with E-state index in [2.05, 4.69) is 25.9 Å². The second-order valence-electron chi connectivity index (χ2n) is 4.27. The van der Waals surface area contributed by atoms with Crippen LogP contribution >= 0.6 is 39.3 Å². The first kappa shape index (κ1) is 14.0. The lowest BCUT2D eigenvalue weighted by atomic mass is 10.1. The molecule has 1 aliphatic heterocycles. The number of nitrogens with zero attached hydrogens (tertiary/aromatic N) is 2. The third kappa shape index (κ3) is 2.36. The summed E-state index contributed by atoms with van der Waals surface area (Å²) >= 11 is 11.3. The number of fused-ring (bicyclic) bond motifs is 1. The fraction of sp³-hybridized carbons (Fsp3) is 0.231. The van der Waals surface area contributed by atoms with Gasteiger partial charge in [-0.1, -0.05) is 11.6 Å². The van der Waals surface area contributed by atoms with E-state index in [4.69, 9.17) is 16.3 Å². The summed E-state index contributed by atoms with van der Waals surface area (Å²) in [6, 6.07) is 3.44. The van der Waals surface area contributed by atoms with Gasteiger partial charge in [0, 0.05) is 22.6 Å². The Kier molecular flexibility index (Phi) is 3.79. The molecule has 0 aliphatic carbocycles. The van der Waals surface area contributed by atoms with E-state index in [1.54, 1.807) is 23.9 Å². The van der Waals surface area contributed by atoms with Crippen LogP contribution in [0.25, 0.3) is 11.4 Å². The number of hydrogen-bond donors (Lipinski definition) is 1. The minimum Gasteiger partial charge on any atom is -0.503 e. The molecule has 104 valence electrons. The summed E-state index contributed by atoms with van der Waals surface area (Å²) in [5, 5.41) is 10.3. The van der Waals surface area contributed by atoms with Gasteiger partial charge < -0.3 is 9.84 Å². The number of rotatable bonds is 2. The molecule has 1 aromatic heterocycles. The molecule has 0 unspecified atom stereocenters. The lowest BCUT2D eigenvalue weighted by molar-refractivity contribution is 0.372. The van der Waals surface area contributed by atoms with Gasteiger partial charge in [0.1, 0.15) is 5.15 Å². The molecule has 0 bridgehead atoms. The maximum atomic E-state index is 9.84. The topological polar surface area (TPSA) is 55.2 Å². The van der Waals surface area contributed by atoms with Crippen LogP contribution in [0, 0.1) is 0 Å². The van der Waals surface area contributed by atoms with Gasteiger partial charge in [-0.15, -0.1) is 0 Å². The molecule has 0 saturated carbocycles. The number of aromatic hydroxyl groups is 1. The highest BCUT2D eigenvalue weighted by atomic mass is 79.9. The Hall–Kier alpha value is -0.980. The molecular formula is C13H10BrClN2O2S. The van der Waals surface area contributed by atoms with Crippen LogP contribution in [0.15, 0.2) is 16.6 Å². The standard InChI is InChI=1S/C13H10BrClN2O2S/c1-19-10-3-6(2-8(14)11(10)18)13-16-9-5-20-4-7(9)12(15)17-13/h2-3,18H,4-5H2,1H3. The Morgan fingerprint density at radius 2 is 2.15 bits per heavy atom. The van der Waals surface area contributed by atoms with Crippen molar-refractivity contribution in [1.29, 1.82) is 0 Å². The van der Waals surface area contributed by atoms with Crippen LogP contribution in [0.2, 0.25) is 5.15 Å². The molecular weight excluding hydrogens is 364 g/mol. The Balaban J connectivity index is 2.14. The van der Waals surface area contributed by atoms with Crippen molar-refractivity contribution in [2.45, 2.75) is 11.5 Å². The van der Waals surface area contributed by atoms with Gasteiger partial charge in [0.15, 0.2) is 17.3 Å². The zero-order valence-corrected chi connectivity index (χ0v) is 13.6. The molecule has 7 heteroatoms. The number of methoxy groups -OCH3 is 1. The molecule has 0 radical (unpaired) electrons. The lowest BCUT2D eigenvalue weighted by Crippen LogP contribution is -1.98. The average Bonchev–Trinajstić information content (AvgIpc) is 2.90. The normalized spacial score (nSPS) is 13.3. The third-order valence-corrected chi connectivity index (χ3v) is 4.92. The fourth-order valence-corrected chi connectivity index (χ4v) is 3.82. The summed E-state index contributed by atoms with van der Waals surface area (Å²) in [4.78, 5) is 8.90. The molecule has 0 amide bonds. The first-order chi connectivity index (χ1) is 9.60. The molecule has 2 heterocycles. The maximum Gasteiger partial charge on any atom is 0.172 e. The second-order valence-corrected chi connectivity index (χ2v) is 6.46. The highest BCUT2D eigenvalue weighted by Gasteiger charge is 2.20. The minimum atomic E-state index is 0.0547. The van der Waals surface area contributed by atoms with Crippen molar-refractivity contribution in [3.8, 4) is 22.9 Å². The number of halogens is 2. The van der Waals surface area contributed by atoms with Gasteiger partial charge in [-0.25, -0.2) is 9.97 Å². The predicted molar refractivity (Wildman–Crippen MR) is 83.4 cm³/mol. The van der Waals surface area contributed by atoms with Gasteiger partial charge in [0.2, 0.25) is 0 Å². The SMILES string of the molecule is COc1cc(-c2nc(Cl)c3c(n2)CSC3)cc(Br)c1O. The number of thioether (sulfide) groups is 1. The molecule has 3 rings (SSSR count). The maximum absolute atomic E-state index is 9.84. The Bertz CT molecular complexity index is 688. The molecule has 2 aromatic rings. The first-order valence-electron chi connectivity index (χ1n) is 5.80. The van der Waals surface area contributed by atoms with Crippen LogP contribution in [0.3, 0.4) is 0 Å². The zero-order valence-electron chi connectivity index (χ0n) is 10.5. The van der Waals surface area contributed by atoms with Crippen molar-refractivity contribution in [3.05, 3.63) is 33.0 Å². The molecule has 1 N–H and O–H groups in total. The highest BCUT2D eigenvalue weighted by molar-refractivity contribution is 9.10. The summed E-state index contributed by atoms with van der Waals surface area (Å²) in [6.07, 6.45) is 0. The number of hydrogen-bond acceptors (Lipinski definition) is 5. The van der Waals surface area contributed by atoms with Crippen molar-refractivity contribution in [2.75, 3.05) is 7.11 Å².